The SMILES string of the molecule is O=C(c1cccc(S(=O)(=O)Nc2ccccc2F)c1)C1CCCCN1C1CCNCC1. The lowest BCUT2D eigenvalue weighted by Crippen LogP contribution is -2.53. The number of para-hydroxylation sites is 1. The molecule has 0 spiro atoms. The third-order valence-corrected chi connectivity index (χ3v) is 7.53. The van der Waals surface area contributed by atoms with Crippen LogP contribution in [0.4, 0.5) is 10.1 Å². The summed E-state index contributed by atoms with van der Waals surface area (Å²) in [6, 6.07) is 11.8. The van der Waals surface area contributed by atoms with Gasteiger partial charge in [-0.15, -0.1) is 0 Å². The van der Waals surface area contributed by atoms with E-state index in [9.17, 15) is 17.6 Å². The average Bonchev–Trinajstić information content (AvgIpc) is 2.81. The van der Waals surface area contributed by atoms with Crippen LogP contribution in [-0.2, 0) is 10.0 Å². The van der Waals surface area contributed by atoms with Gasteiger partial charge in [0.15, 0.2) is 5.78 Å². The largest absolute Gasteiger partial charge is 0.317 e. The normalized spacial score (nSPS) is 21.0. The van der Waals surface area contributed by atoms with Crippen molar-refractivity contribution in [3.8, 4) is 0 Å². The molecule has 166 valence electrons. The van der Waals surface area contributed by atoms with Gasteiger partial charge in [-0.2, -0.15) is 0 Å². The lowest BCUT2D eigenvalue weighted by Gasteiger charge is -2.42. The quantitative estimate of drug-likeness (QED) is 0.667. The number of nitrogens with zero attached hydrogens (tertiary/aromatic N) is 1. The monoisotopic (exact) mass is 445 g/mol. The molecule has 2 aromatic carbocycles. The van der Waals surface area contributed by atoms with Crippen molar-refractivity contribution in [1.29, 1.82) is 0 Å². The molecule has 2 N–H and O–H groups in total. The Balaban J connectivity index is 1.56. The second kappa shape index (κ2) is 9.46. The molecule has 0 saturated carbocycles. The highest BCUT2D eigenvalue weighted by atomic mass is 32.2. The highest BCUT2D eigenvalue weighted by molar-refractivity contribution is 7.92. The first-order valence-corrected chi connectivity index (χ1v) is 12.3. The van der Waals surface area contributed by atoms with Crippen molar-refractivity contribution in [3.63, 3.8) is 0 Å². The van der Waals surface area contributed by atoms with Crippen LogP contribution in [-0.4, -0.2) is 50.8 Å². The van der Waals surface area contributed by atoms with Crippen molar-refractivity contribution in [2.75, 3.05) is 24.4 Å². The molecule has 0 aliphatic carbocycles. The number of piperidine rings is 2. The summed E-state index contributed by atoms with van der Waals surface area (Å²) in [5, 5.41) is 3.37. The Labute approximate surface area is 182 Å². The van der Waals surface area contributed by atoms with Crippen molar-refractivity contribution in [1.82, 2.24) is 10.2 Å². The lowest BCUT2D eigenvalue weighted by molar-refractivity contribution is 0.0549. The number of likely N-dealkylation sites (tertiary alicyclic amines) is 1. The van der Waals surface area contributed by atoms with Crippen molar-refractivity contribution in [2.24, 2.45) is 0 Å². The van der Waals surface area contributed by atoms with Gasteiger partial charge < -0.3 is 5.32 Å². The van der Waals surface area contributed by atoms with Crippen molar-refractivity contribution >= 4 is 21.5 Å². The van der Waals surface area contributed by atoms with Crippen molar-refractivity contribution < 1.29 is 17.6 Å². The Bertz CT molecular complexity index is 1040. The number of ketones is 1. The first-order valence-electron chi connectivity index (χ1n) is 10.8. The van der Waals surface area contributed by atoms with Gasteiger partial charge in [0.05, 0.1) is 16.6 Å². The fourth-order valence-corrected chi connectivity index (χ4v) is 5.68. The van der Waals surface area contributed by atoms with Gasteiger partial charge in [0.25, 0.3) is 10.0 Å². The highest BCUT2D eigenvalue weighted by Crippen LogP contribution is 2.27. The zero-order valence-electron chi connectivity index (χ0n) is 17.4. The number of sulfonamides is 1. The van der Waals surface area contributed by atoms with Crippen LogP contribution in [0.25, 0.3) is 0 Å². The van der Waals surface area contributed by atoms with Gasteiger partial charge in [-0.05, 0) is 69.6 Å². The Kier molecular flexibility index (Phi) is 6.69. The highest BCUT2D eigenvalue weighted by Gasteiger charge is 2.34. The van der Waals surface area contributed by atoms with Gasteiger partial charge in [-0.1, -0.05) is 30.7 Å². The smallest absolute Gasteiger partial charge is 0.262 e. The molecule has 6 nitrogen and oxygen atoms in total. The summed E-state index contributed by atoms with van der Waals surface area (Å²) in [7, 11) is -4.02. The van der Waals surface area contributed by atoms with Crippen LogP contribution in [0.5, 0.6) is 0 Å². The molecule has 2 aromatic rings. The maximum atomic E-state index is 13.9. The Morgan fingerprint density at radius 3 is 2.58 bits per heavy atom. The van der Waals surface area contributed by atoms with E-state index in [0.29, 0.717) is 11.6 Å². The van der Waals surface area contributed by atoms with Crippen molar-refractivity contribution in [3.05, 3.63) is 59.9 Å². The molecule has 2 aliphatic heterocycles. The van der Waals surface area contributed by atoms with Crippen LogP contribution in [0.3, 0.4) is 0 Å². The molecule has 8 heteroatoms. The molecule has 2 heterocycles. The molecule has 0 radical (unpaired) electrons. The van der Waals surface area contributed by atoms with Gasteiger partial charge in [-0.3, -0.25) is 14.4 Å². The summed E-state index contributed by atoms with van der Waals surface area (Å²) in [6.45, 7) is 2.81. The van der Waals surface area contributed by atoms with Crippen LogP contribution in [0.15, 0.2) is 53.4 Å². The second-order valence-corrected chi connectivity index (χ2v) is 9.89. The molecule has 0 bridgehead atoms. The predicted molar refractivity (Wildman–Crippen MR) is 118 cm³/mol. The van der Waals surface area contributed by atoms with E-state index in [4.69, 9.17) is 0 Å². The number of halogens is 1. The summed E-state index contributed by atoms with van der Waals surface area (Å²) in [6.07, 6.45) is 4.89. The van der Waals surface area contributed by atoms with Gasteiger partial charge in [0, 0.05) is 11.6 Å². The number of carbonyl (C=O) groups is 1. The predicted octanol–water partition coefficient (Wildman–Crippen LogP) is 3.42. The van der Waals surface area contributed by atoms with E-state index in [-0.39, 0.29) is 22.4 Å². The number of benzene rings is 2. The topological polar surface area (TPSA) is 78.5 Å². The maximum Gasteiger partial charge on any atom is 0.262 e. The summed E-state index contributed by atoms with van der Waals surface area (Å²) in [5.41, 5.74) is 0.255. The minimum Gasteiger partial charge on any atom is -0.317 e. The molecule has 2 aliphatic rings. The number of carbonyl (C=O) groups excluding carboxylic acids is 1. The van der Waals surface area contributed by atoms with E-state index in [1.165, 1.54) is 30.3 Å². The van der Waals surface area contributed by atoms with Crippen LogP contribution < -0.4 is 10.0 Å². The number of anilines is 1. The van der Waals surface area contributed by atoms with Crippen LogP contribution in [0, 0.1) is 5.82 Å². The van der Waals surface area contributed by atoms with E-state index in [2.05, 4.69) is 14.9 Å². The van der Waals surface area contributed by atoms with E-state index in [0.717, 1.165) is 51.7 Å². The van der Waals surface area contributed by atoms with Gasteiger partial charge in [-0.25, -0.2) is 12.8 Å². The van der Waals surface area contributed by atoms with Crippen molar-refractivity contribution in [2.45, 2.75) is 49.1 Å². The molecule has 1 atom stereocenters. The minimum atomic E-state index is -4.02. The summed E-state index contributed by atoms with van der Waals surface area (Å²) < 4.78 is 41.8. The molecule has 1 unspecified atom stereocenters. The third-order valence-electron chi connectivity index (χ3n) is 6.17. The fraction of sp³-hybridized carbons (Fsp3) is 0.435. The molecule has 4 rings (SSSR count). The van der Waals surface area contributed by atoms with E-state index in [1.54, 1.807) is 18.2 Å². The maximum absolute atomic E-state index is 13.9. The van der Waals surface area contributed by atoms with Crippen LogP contribution in [0.1, 0.15) is 42.5 Å². The van der Waals surface area contributed by atoms with Crippen LogP contribution in [0.2, 0.25) is 0 Å². The van der Waals surface area contributed by atoms with Gasteiger partial charge in [0.1, 0.15) is 5.82 Å². The third kappa shape index (κ3) is 4.97. The molecule has 31 heavy (non-hydrogen) atoms. The standard InChI is InChI=1S/C23H28FN3O3S/c24-20-8-1-2-9-21(20)26-31(29,30)19-7-5-6-17(16-19)23(28)22-10-3-4-15-27(22)18-11-13-25-14-12-18/h1-2,5-9,16,18,22,25-26H,3-4,10-15H2. The van der Waals surface area contributed by atoms with Gasteiger partial charge in [0.2, 0.25) is 0 Å². The Morgan fingerprint density at radius 2 is 1.81 bits per heavy atom. The first kappa shape index (κ1) is 21.9. The Morgan fingerprint density at radius 1 is 1.03 bits per heavy atom. The molecule has 2 saturated heterocycles. The number of nitrogens with one attached hydrogen (secondary N) is 2. The summed E-state index contributed by atoms with van der Waals surface area (Å²) in [4.78, 5) is 15.7. The zero-order chi connectivity index (χ0) is 21.8. The molecular formula is C23H28FN3O3S. The average molecular weight is 446 g/mol. The number of Topliss-reactive ketones (excluding diaryl/α,β-unsaturated/α-hetero) is 1. The van der Waals surface area contributed by atoms with E-state index < -0.39 is 15.8 Å². The van der Waals surface area contributed by atoms with Crippen LogP contribution >= 0.6 is 0 Å². The first-order chi connectivity index (χ1) is 15.0. The lowest BCUT2D eigenvalue weighted by atomic mass is 9.91. The van der Waals surface area contributed by atoms with Gasteiger partial charge >= 0.3 is 0 Å². The molecular weight excluding hydrogens is 417 g/mol. The number of rotatable bonds is 6. The summed E-state index contributed by atoms with van der Waals surface area (Å²) >= 11 is 0. The molecule has 0 aromatic heterocycles. The van der Waals surface area contributed by atoms with E-state index >= 15 is 0 Å². The Hall–Kier alpha value is -2.29. The zero-order valence-corrected chi connectivity index (χ0v) is 18.2. The second-order valence-electron chi connectivity index (χ2n) is 8.21. The summed E-state index contributed by atoms with van der Waals surface area (Å²) in [5.74, 6) is -0.695. The fourth-order valence-electron chi connectivity index (χ4n) is 4.57. The number of hydrogen-bond acceptors (Lipinski definition) is 5. The molecule has 2 fully saturated rings. The minimum absolute atomic E-state index is 0.0406. The molecule has 0 amide bonds. The van der Waals surface area contributed by atoms with E-state index in [1.807, 2.05) is 0 Å². The number of hydrogen-bond donors (Lipinski definition) is 2.